The zero-order valence-electron chi connectivity index (χ0n) is 16.6. The Morgan fingerprint density at radius 2 is 1.64 bits per heavy atom. The standard InChI is InChI=1S/C23H29N3O2/c1-19-6-5-9-21(16-19)18-25-12-14-26(15-13-25)23(28)10-11-24-22(27)17-20-7-3-2-4-8-20/h2-9,16H,10-15,17-18H2,1H3,(H,24,27). The number of piperazine rings is 1. The van der Waals surface area contributed by atoms with Gasteiger partial charge >= 0.3 is 0 Å². The molecule has 148 valence electrons. The molecule has 5 nitrogen and oxygen atoms in total. The predicted octanol–water partition coefficient (Wildman–Crippen LogP) is 2.39. The SMILES string of the molecule is Cc1cccc(CN2CCN(C(=O)CCNC(=O)Cc3ccccc3)CC2)c1. The summed E-state index contributed by atoms with van der Waals surface area (Å²) in [7, 11) is 0. The molecular formula is C23H29N3O2. The Kier molecular flexibility index (Phi) is 7.20. The summed E-state index contributed by atoms with van der Waals surface area (Å²) in [5.41, 5.74) is 3.58. The lowest BCUT2D eigenvalue weighted by atomic mass is 10.1. The van der Waals surface area contributed by atoms with Gasteiger partial charge in [0.1, 0.15) is 0 Å². The van der Waals surface area contributed by atoms with E-state index in [1.165, 1.54) is 11.1 Å². The second-order valence-electron chi connectivity index (χ2n) is 7.41. The van der Waals surface area contributed by atoms with Crippen LogP contribution in [0.2, 0.25) is 0 Å². The summed E-state index contributed by atoms with van der Waals surface area (Å²) in [4.78, 5) is 28.7. The minimum absolute atomic E-state index is 0.0398. The van der Waals surface area contributed by atoms with Crippen molar-refractivity contribution in [3.8, 4) is 0 Å². The van der Waals surface area contributed by atoms with Gasteiger partial charge in [0, 0.05) is 45.7 Å². The van der Waals surface area contributed by atoms with Crippen LogP contribution in [-0.4, -0.2) is 54.3 Å². The number of amides is 2. The molecule has 0 unspecified atom stereocenters. The van der Waals surface area contributed by atoms with Crippen molar-refractivity contribution in [3.05, 3.63) is 71.3 Å². The lowest BCUT2D eigenvalue weighted by Gasteiger charge is -2.35. The molecule has 5 heteroatoms. The van der Waals surface area contributed by atoms with E-state index in [2.05, 4.69) is 41.4 Å². The van der Waals surface area contributed by atoms with E-state index < -0.39 is 0 Å². The van der Waals surface area contributed by atoms with E-state index >= 15 is 0 Å². The Balaban J connectivity index is 1.34. The third-order valence-electron chi connectivity index (χ3n) is 5.08. The molecule has 1 saturated heterocycles. The maximum absolute atomic E-state index is 12.4. The molecular weight excluding hydrogens is 350 g/mol. The molecule has 2 amide bonds. The molecule has 1 fully saturated rings. The first-order chi connectivity index (χ1) is 13.6. The summed E-state index contributed by atoms with van der Waals surface area (Å²) in [6.45, 7) is 6.72. The lowest BCUT2D eigenvalue weighted by Crippen LogP contribution is -2.48. The molecule has 1 aliphatic rings. The van der Waals surface area contributed by atoms with Crippen molar-refractivity contribution in [1.82, 2.24) is 15.1 Å². The topological polar surface area (TPSA) is 52.6 Å². The van der Waals surface area contributed by atoms with Gasteiger partial charge in [-0.15, -0.1) is 0 Å². The average Bonchev–Trinajstić information content (AvgIpc) is 2.69. The van der Waals surface area contributed by atoms with E-state index in [-0.39, 0.29) is 11.8 Å². The van der Waals surface area contributed by atoms with Gasteiger partial charge in [-0.1, -0.05) is 60.2 Å². The number of hydrogen-bond acceptors (Lipinski definition) is 3. The van der Waals surface area contributed by atoms with E-state index in [4.69, 9.17) is 0 Å². The van der Waals surface area contributed by atoms with E-state index in [0.717, 1.165) is 38.3 Å². The molecule has 0 aromatic heterocycles. The van der Waals surface area contributed by atoms with Crippen molar-refractivity contribution in [1.29, 1.82) is 0 Å². The van der Waals surface area contributed by atoms with Gasteiger partial charge in [-0.2, -0.15) is 0 Å². The second kappa shape index (κ2) is 10.0. The van der Waals surface area contributed by atoms with Crippen LogP contribution in [-0.2, 0) is 22.6 Å². The van der Waals surface area contributed by atoms with Crippen LogP contribution in [0.25, 0.3) is 0 Å². The van der Waals surface area contributed by atoms with Crippen molar-refractivity contribution in [2.24, 2.45) is 0 Å². The quantitative estimate of drug-likeness (QED) is 0.804. The summed E-state index contributed by atoms with van der Waals surface area (Å²) in [5.74, 6) is 0.0807. The van der Waals surface area contributed by atoms with Gasteiger partial charge in [0.25, 0.3) is 0 Å². The first kappa shape index (κ1) is 20.1. The number of hydrogen-bond donors (Lipinski definition) is 1. The summed E-state index contributed by atoms with van der Waals surface area (Å²) in [6, 6.07) is 18.2. The number of carbonyl (C=O) groups excluding carboxylic acids is 2. The largest absolute Gasteiger partial charge is 0.355 e. The fraction of sp³-hybridized carbons (Fsp3) is 0.391. The van der Waals surface area contributed by atoms with E-state index in [0.29, 0.717) is 19.4 Å². The maximum atomic E-state index is 12.4. The van der Waals surface area contributed by atoms with Gasteiger partial charge in [-0.25, -0.2) is 0 Å². The predicted molar refractivity (Wildman–Crippen MR) is 111 cm³/mol. The van der Waals surface area contributed by atoms with Gasteiger partial charge in [-0.05, 0) is 18.1 Å². The normalized spacial score (nSPS) is 14.7. The molecule has 2 aromatic rings. The summed E-state index contributed by atoms with van der Waals surface area (Å²) < 4.78 is 0. The number of rotatable bonds is 7. The van der Waals surface area contributed by atoms with Crippen LogP contribution in [0.15, 0.2) is 54.6 Å². The summed E-state index contributed by atoms with van der Waals surface area (Å²) in [5, 5.41) is 2.85. The van der Waals surface area contributed by atoms with Crippen molar-refractivity contribution in [3.63, 3.8) is 0 Å². The molecule has 0 radical (unpaired) electrons. The van der Waals surface area contributed by atoms with Crippen LogP contribution in [0.5, 0.6) is 0 Å². The maximum Gasteiger partial charge on any atom is 0.224 e. The Bertz CT molecular complexity index is 783. The molecule has 0 aliphatic carbocycles. The molecule has 1 N–H and O–H groups in total. The van der Waals surface area contributed by atoms with E-state index in [9.17, 15) is 9.59 Å². The zero-order chi connectivity index (χ0) is 19.8. The Hall–Kier alpha value is -2.66. The Morgan fingerprint density at radius 1 is 0.929 bits per heavy atom. The highest BCUT2D eigenvalue weighted by atomic mass is 16.2. The third-order valence-corrected chi connectivity index (χ3v) is 5.08. The van der Waals surface area contributed by atoms with Gasteiger partial charge in [-0.3, -0.25) is 14.5 Å². The van der Waals surface area contributed by atoms with Gasteiger partial charge in [0.05, 0.1) is 6.42 Å². The van der Waals surface area contributed by atoms with Crippen LogP contribution in [0.1, 0.15) is 23.1 Å². The molecule has 1 aliphatic heterocycles. The Morgan fingerprint density at radius 3 is 2.36 bits per heavy atom. The highest BCUT2D eigenvalue weighted by molar-refractivity contribution is 5.80. The smallest absolute Gasteiger partial charge is 0.224 e. The second-order valence-corrected chi connectivity index (χ2v) is 7.41. The fourth-order valence-electron chi connectivity index (χ4n) is 3.53. The van der Waals surface area contributed by atoms with Crippen LogP contribution in [0.3, 0.4) is 0 Å². The average molecular weight is 380 g/mol. The molecule has 0 saturated carbocycles. The third kappa shape index (κ3) is 6.20. The first-order valence-electron chi connectivity index (χ1n) is 9.96. The molecule has 2 aromatic carbocycles. The van der Waals surface area contributed by atoms with Crippen LogP contribution in [0, 0.1) is 6.92 Å². The molecule has 28 heavy (non-hydrogen) atoms. The molecule has 0 bridgehead atoms. The summed E-state index contributed by atoms with van der Waals surface area (Å²) in [6.07, 6.45) is 0.713. The van der Waals surface area contributed by atoms with E-state index in [1.54, 1.807) is 0 Å². The fourth-order valence-corrected chi connectivity index (χ4v) is 3.53. The molecule has 3 rings (SSSR count). The van der Waals surface area contributed by atoms with Gasteiger partial charge in [0.2, 0.25) is 11.8 Å². The van der Waals surface area contributed by atoms with Crippen LogP contribution in [0.4, 0.5) is 0 Å². The van der Waals surface area contributed by atoms with Crippen molar-refractivity contribution in [2.75, 3.05) is 32.7 Å². The van der Waals surface area contributed by atoms with E-state index in [1.807, 2.05) is 35.2 Å². The first-order valence-corrected chi connectivity index (χ1v) is 9.96. The molecule has 0 spiro atoms. The lowest BCUT2D eigenvalue weighted by molar-refractivity contribution is -0.133. The number of aryl methyl sites for hydroxylation is 1. The van der Waals surface area contributed by atoms with Crippen LogP contribution >= 0.6 is 0 Å². The number of benzene rings is 2. The number of nitrogens with zero attached hydrogens (tertiary/aromatic N) is 2. The molecule has 0 atom stereocenters. The zero-order valence-corrected chi connectivity index (χ0v) is 16.6. The number of nitrogens with one attached hydrogen (secondary N) is 1. The van der Waals surface area contributed by atoms with Gasteiger partial charge < -0.3 is 10.2 Å². The van der Waals surface area contributed by atoms with Crippen molar-refractivity contribution < 1.29 is 9.59 Å². The monoisotopic (exact) mass is 379 g/mol. The van der Waals surface area contributed by atoms with Crippen molar-refractivity contribution in [2.45, 2.75) is 26.3 Å². The van der Waals surface area contributed by atoms with Crippen molar-refractivity contribution >= 4 is 11.8 Å². The van der Waals surface area contributed by atoms with Gasteiger partial charge in [0.15, 0.2) is 0 Å². The number of carbonyl (C=O) groups is 2. The Labute approximate surface area is 167 Å². The molecule has 1 heterocycles. The minimum Gasteiger partial charge on any atom is -0.355 e. The highest BCUT2D eigenvalue weighted by Crippen LogP contribution is 2.11. The highest BCUT2D eigenvalue weighted by Gasteiger charge is 2.21. The summed E-state index contributed by atoms with van der Waals surface area (Å²) >= 11 is 0. The van der Waals surface area contributed by atoms with Crippen LogP contribution < -0.4 is 5.32 Å². The minimum atomic E-state index is -0.0398.